The second kappa shape index (κ2) is 3.77. The van der Waals surface area contributed by atoms with Crippen LogP contribution >= 0.6 is 11.3 Å². The van der Waals surface area contributed by atoms with E-state index in [4.69, 9.17) is 5.11 Å². The molecule has 0 radical (unpaired) electrons. The number of carbonyl (C=O) groups is 1. The van der Waals surface area contributed by atoms with Gasteiger partial charge in [-0.25, -0.2) is 9.78 Å². The number of aliphatic carboxylic acids is 1. The maximum Gasteiger partial charge on any atom is 0.335 e. The van der Waals surface area contributed by atoms with Crippen molar-refractivity contribution in [2.75, 3.05) is 0 Å². The Morgan fingerprint density at radius 1 is 1.83 bits per heavy atom. The summed E-state index contributed by atoms with van der Waals surface area (Å²) in [5.74, 6) is -1.18. The molecule has 0 amide bonds. The summed E-state index contributed by atoms with van der Waals surface area (Å²) in [6, 6.07) is -1.14. The van der Waals surface area contributed by atoms with Crippen molar-refractivity contribution in [3.05, 3.63) is 21.5 Å². The minimum atomic E-state index is -1.18. The zero-order valence-electron chi connectivity index (χ0n) is 5.80. The van der Waals surface area contributed by atoms with Crippen molar-refractivity contribution in [1.29, 1.82) is 0 Å². The van der Waals surface area contributed by atoms with Gasteiger partial charge in [0.05, 0.1) is 5.29 Å². The Bertz CT molecular complexity index is 273. The van der Waals surface area contributed by atoms with Gasteiger partial charge in [0, 0.05) is 11.6 Å². The molecule has 1 heterocycles. The Morgan fingerprint density at radius 2 is 2.58 bits per heavy atom. The summed E-state index contributed by atoms with van der Waals surface area (Å²) in [7, 11) is 0. The summed E-state index contributed by atoms with van der Waals surface area (Å²) in [5, 5.41) is 12.8. The molecule has 64 valence electrons. The normalized spacial score (nSPS) is 12.0. The number of aromatic nitrogens is 1. The van der Waals surface area contributed by atoms with Gasteiger partial charge in [0.2, 0.25) is 0 Å². The second-order valence-corrected chi connectivity index (χ2v) is 2.79. The molecule has 1 aromatic heterocycles. The number of rotatable bonds is 4. The van der Waals surface area contributed by atoms with Crippen LogP contribution in [-0.4, -0.2) is 16.1 Å². The van der Waals surface area contributed by atoms with Gasteiger partial charge in [0.1, 0.15) is 5.01 Å². The Kier molecular flexibility index (Phi) is 2.70. The van der Waals surface area contributed by atoms with Gasteiger partial charge in [-0.1, -0.05) is 0 Å². The minimum Gasteiger partial charge on any atom is -0.479 e. The van der Waals surface area contributed by atoms with E-state index < -0.39 is 12.0 Å². The molecule has 0 spiro atoms. The van der Waals surface area contributed by atoms with Crippen LogP contribution in [0.25, 0.3) is 0 Å². The van der Waals surface area contributed by atoms with E-state index in [1.807, 2.05) is 5.43 Å². The average molecular weight is 187 g/mol. The maximum absolute atomic E-state index is 10.5. The molecule has 1 aromatic rings. The number of nitrogens with zero attached hydrogens (tertiary/aromatic N) is 2. The summed E-state index contributed by atoms with van der Waals surface area (Å²) < 4.78 is 0. The van der Waals surface area contributed by atoms with Crippen molar-refractivity contribution in [3.63, 3.8) is 0 Å². The first-order valence-corrected chi connectivity index (χ1v) is 3.83. The molecular weight excluding hydrogens is 182 g/mol. The summed E-state index contributed by atoms with van der Waals surface area (Å²) in [4.78, 5) is 24.0. The molecule has 0 fully saturated rings. The molecule has 1 atom stereocenters. The molecule has 2 N–H and O–H groups in total. The highest BCUT2D eigenvalue weighted by Crippen LogP contribution is 2.15. The fourth-order valence-corrected chi connectivity index (χ4v) is 1.32. The predicted octanol–water partition coefficient (Wildman–Crippen LogP) is 0.540. The third-order valence-electron chi connectivity index (χ3n) is 1.13. The zero-order chi connectivity index (χ0) is 8.97. The third-order valence-corrected chi connectivity index (χ3v) is 1.97. The van der Waals surface area contributed by atoms with Crippen LogP contribution in [-0.2, 0) is 4.79 Å². The van der Waals surface area contributed by atoms with Crippen LogP contribution in [0, 0.1) is 4.91 Å². The molecule has 1 unspecified atom stereocenters. The van der Waals surface area contributed by atoms with E-state index in [9.17, 15) is 9.70 Å². The van der Waals surface area contributed by atoms with Crippen molar-refractivity contribution in [1.82, 2.24) is 10.4 Å². The molecule has 0 aliphatic rings. The first-order chi connectivity index (χ1) is 5.75. The molecule has 0 aromatic carbocycles. The molecule has 1 rings (SSSR count). The largest absolute Gasteiger partial charge is 0.479 e. The SMILES string of the molecule is O=NNC(C(=O)O)c1nccs1. The molecule has 0 aliphatic carbocycles. The second-order valence-electron chi connectivity index (χ2n) is 1.86. The molecule has 6 nitrogen and oxygen atoms in total. The summed E-state index contributed by atoms with van der Waals surface area (Å²) in [6.07, 6.45) is 1.46. The van der Waals surface area contributed by atoms with Crippen molar-refractivity contribution in [3.8, 4) is 0 Å². The monoisotopic (exact) mass is 187 g/mol. The van der Waals surface area contributed by atoms with E-state index in [1.54, 1.807) is 5.38 Å². The lowest BCUT2D eigenvalue weighted by atomic mass is 10.3. The van der Waals surface area contributed by atoms with Crippen molar-refractivity contribution in [2.24, 2.45) is 5.29 Å². The topological polar surface area (TPSA) is 91.7 Å². The average Bonchev–Trinajstić information content (AvgIpc) is 2.51. The first-order valence-electron chi connectivity index (χ1n) is 2.95. The predicted molar refractivity (Wildman–Crippen MR) is 41.4 cm³/mol. The van der Waals surface area contributed by atoms with Gasteiger partial charge < -0.3 is 5.11 Å². The summed E-state index contributed by atoms with van der Waals surface area (Å²) >= 11 is 1.15. The number of hydrogen-bond acceptors (Lipinski definition) is 5. The number of thiazole rings is 1. The number of nitrogens with one attached hydrogen (secondary N) is 1. The van der Waals surface area contributed by atoms with Crippen LogP contribution in [0.4, 0.5) is 0 Å². The standard InChI is InChI=1S/C5H5N3O3S/c9-5(10)3(7-8-11)4-6-1-2-12-4/h1-3H,(H,7,11)(H,9,10). The van der Waals surface area contributed by atoms with Gasteiger partial charge in [-0.15, -0.1) is 16.2 Å². The lowest BCUT2D eigenvalue weighted by molar-refractivity contribution is -0.139. The Morgan fingerprint density at radius 3 is 3.00 bits per heavy atom. The van der Waals surface area contributed by atoms with Crippen LogP contribution in [0.2, 0.25) is 0 Å². The van der Waals surface area contributed by atoms with Gasteiger partial charge in [0.15, 0.2) is 6.04 Å². The van der Waals surface area contributed by atoms with Gasteiger partial charge in [-0.05, 0) is 0 Å². The smallest absolute Gasteiger partial charge is 0.335 e. The lowest BCUT2D eigenvalue weighted by Gasteiger charge is -2.04. The lowest BCUT2D eigenvalue weighted by Crippen LogP contribution is -2.23. The molecule has 7 heteroatoms. The molecule has 0 aliphatic heterocycles. The zero-order valence-corrected chi connectivity index (χ0v) is 6.61. The van der Waals surface area contributed by atoms with Crippen LogP contribution in [0.5, 0.6) is 0 Å². The fraction of sp³-hybridized carbons (Fsp3) is 0.200. The van der Waals surface area contributed by atoms with Crippen LogP contribution < -0.4 is 5.43 Å². The quantitative estimate of drug-likeness (QED) is 0.530. The fourth-order valence-electron chi connectivity index (χ4n) is 0.646. The third kappa shape index (κ3) is 1.76. The van der Waals surface area contributed by atoms with E-state index in [-0.39, 0.29) is 0 Å². The van der Waals surface area contributed by atoms with Crippen molar-refractivity contribution >= 4 is 17.3 Å². The van der Waals surface area contributed by atoms with Crippen LogP contribution in [0.3, 0.4) is 0 Å². The van der Waals surface area contributed by atoms with Gasteiger partial charge in [-0.3, -0.25) is 5.43 Å². The van der Waals surface area contributed by atoms with Gasteiger partial charge in [-0.2, -0.15) is 0 Å². The number of hydrogen-bond donors (Lipinski definition) is 2. The number of carboxylic acid groups (broad SMARTS) is 1. The van der Waals surface area contributed by atoms with E-state index in [1.165, 1.54) is 6.20 Å². The molecule has 0 bridgehead atoms. The summed E-state index contributed by atoms with van der Waals surface area (Å²) in [6.45, 7) is 0. The Balaban J connectivity index is 2.80. The van der Waals surface area contributed by atoms with E-state index in [0.717, 1.165) is 11.3 Å². The minimum absolute atomic E-state index is 0.308. The summed E-state index contributed by atoms with van der Waals surface area (Å²) in [5.41, 5.74) is 1.90. The Labute approximate surface area is 71.2 Å². The number of carboxylic acids is 1. The highest BCUT2D eigenvalue weighted by molar-refractivity contribution is 7.09. The van der Waals surface area contributed by atoms with Crippen LogP contribution in [0.15, 0.2) is 16.9 Å². The van der Waals surface area contributed by atoms with Crippen LogP contribution in [0.1, 0.15) is 11.0 Å². The van der Waals surface area contributed by atoms with E-state index in [2.05, 4.69) is 10.3 Å². The Hall–Kier alpha value is -1.50. The highest BCUT2D eigenvalue weighted by Gasteiger charge is 2.21. The molecular formula is C5H5N3O3S. The molecule has 0 saturated heterocycles. The van der Waals surface area contributed by atoms with E-state index in [0.29, 0.717) is 5.01 Å². The van der Waals surface area contributed by atoms with E-state index >= 15 is 0 Å². The molecule has 0 saturated carbocycles. The first kappa shape index (κ1) is 8.60. The molecule has 12 heavy (non-hydrogen) atoms. The van der Waals surface area contributed by atoms with Crippen molar-refractivity contribution in [2.45, 2.75) is 6.04 Å². The van der Waals surface area contributed by atoms with Crippen molar-refractivity contribution < 1.29 is 9.90 Å². The number of nitroso groups, excluding NO2 is 1. The maximum atomic E-state index is 10.5. The highest BCUT2D eigenvalue weighted by atomic mass is 32.1. The van der Waals surface area contributed by atoms with Gasteiger partial charge >= 0.3 is 5.97 Å². The van der Waals surface area contributed by atoms with Gasteiger partial charge in [0.25, 0.3) is 0 Å².